The van der Waals surface area contributed by atoms with Gasteiger partial charge in [-0.2, -0.15) is 0 Å². The molecule has 1 rings (SSSR count). The molecule has 0 spiro atoms. The van der Waals surface area contributed by atoms with Crippen LogP contribution in [0.1, 0.15) is 107 Å². The topological polar surface area (TPSA) is 54.4 Å². The number of aryl methyl sites for hydroxylation is 1. The van der Waals surface area contributed by atoms with Gasteiger partial charge in [-0.3, -0.25) is 4.79 Å². The van der Waals surface area contributed by atoms with Crippen molar-refractivity contribution in [3.63, 3.8) is 0 Å². The lowest BCUT2D eigenvalue weighted by molar-refractivity contribution is -0.132. The molecule has 0 radical (unpaired) electrons. The van der Waals surface area contributed by atoms with E-state index < -0.39 is 5.97 Å². The van der Waals surface area contributed by atoms with E-state index in [0.717, 1.165) is 6.42 Å². The summed E-state index contributed by atoms with van der Waals surface area (Å²) < 4.78 is 0. The minimum atomic E-state index is -1.06. The Bertz CT molecular complexity index is 599. The maximum atomic E-state index is 12.0. The van der Waals surface area contributed by atoms with Gasteiger partial charge in [-0.1, -0.05) is 102 Å². The number of benzene rings is 1. The Morgan fingerprint density at radius 1 is 0.786 bits per heavy atom. The summed E-state index contributed by atoms with van der Waals surface area (Å²) in [4.78, 5) is 22.8. The molecule has 0 saturated heterocycles. The maximum absolute atomic E-state index is 12.0. The van der Waals surface area contributed by atoms with Gasteiger partial charge >= 0.3 is 5.97 Å². The zero-order chi connectivity index (χ0) is 20.6. The molecule has 28 heavy (non-hydrogen) atoms. The maximum Gasteiger partial charge on any atom is 0.331 e. The van der Waals surface area contributed by atoms with Crippen LogP contribution in [0.25, 0.3) is 0 Å². The van der Waals surface area contributed by atoms with Crippen LogP contribution >= 0.6 is 0 Å². The molecule has 3 nitrogen and oxygen atoms in total. The normalized spacial score (nSPS) is 11.6. The summed E-state index contributed by atoms with van der Waals surface area (Å²) in [6.07, 6.45) is 18.4. The van der Waals surface area contributed by atoms with Crippen molar-refractivity contribution in [2.75, 3.05) is 0 Å². The Morgan fingerprint density at radius 2 is 1.25 bits per heavy atom. The highest BCUT2D eigenvalue weighted by Gasteiger charge is 2.07. The van der Waals surface area contributed by atoms with Crippen LogP contribution in [-0.4, -0.2) is 16.9 Å². The van der Waals surface area contributed by atoms with Crippen LogP contribution in [0.3, 0.4) is 0 Å². The summed E-state index contributed by atoms with van der Waals surface area (Å²) in [5, 5.41) is 8.84. The van der Waals surface area contributed by atoms with Crippen LogP contribution in [-0.2, 0) is 11.2 Å². The van der Waals surface area contributed by atoms with Crippen LogP contribution in [0.4, 0.5) is 0 Å². The molecule has 0 bridgehead atoms. The van der Waals surface area contributed by atoms with Gasteiger partial charge in [0.25, 0.3) is 0 Å². The van der Waals surface area contributed by atoms with Crippen molar-refractivity contribution in [1.29, 1.82) is 0 Å². The Hall–Kier alpha value is -1.90. The second-order valence-corrected chi connectivity index (χ2v) is 7.83. The van der Waals surface area contributed by atoms with Crippen LogP contribution in [0.2, 0.25) is 0 Å². The lowest BCUT2D eigenvalue weighted by Crippen LogP contribution is -2.02. The molecule has 0 aliphatic heterocycles. The molecule has 0 amide bonds. The average Bonchev–Trinajstić information content (AvgIpc) is 2.69. The Balaban J connectivity index is 2.11. The number of allylic oxidation sites excluding steroid dienone is 1. The second-order valence-electron chi connectivity index (χ2n) is 7.83. The lowest BCUT2D eigenvalue weighted by Gasteiger charge is -2.04. The standard InChI is InChI=1S/C25H38O3/c1-3-4-5-6-7-8-9-10-11-12-13-14-15-22-16-18-23(19-17-22)24(26)20-21(2)25(27)28/h16-20H,3-15H2,1-2H3,(H,27,28). The van der Waals surface area contributed by atoms with Crippen molar-refractivity contribution in [2.45, 2.75) is 97.3 Å². The molecule has 1 N–H and O–H groups in total. The summed E-state index contributed by atoms with van der Waals surface area (Å²) in [7, 11) is 0. The number of carboxylic acids is 1. The minimum Gasteiger partial charge on any atom is -0.478 e. The Kier molecular flexibility index (Phi) is 13.0. The van der Waals surface area contributed by atoms with Gasteiger partial charge in [-0.05, 0) is 31.4 Å². The summed E-state index contributed by atoms with van der Waals surface area (Å²) in [5.41, 5.74) is 1.84. The van der Waals surface area contributed by atoms with E-state index in [1.54, 1.807) is 12.1 Å². The van der Waals surface area contributed by atoms with Crippen molar-refractivity contribution in [1.82, 2.24) is 0 Å². The predicted octanol–water partition coefficient (Wildman–Crippen LogP) is 7.14. The van der Waals surface area contributed by atoms with E-state index >= 15 is 0 Å². The summed E-state index contributed by atoms with van der Waals surface area (Å²) in [6.45, 7) is 3.70. The molecule has 0 unspecified atom stereocenters. The third-order valence-electron chi connectivity index (χ3n) is 5.24. The van der Waals surface area contributed by atoms with Gasteiger partial charge in [-0.15, -0.1) is 0 Å². The number of unbranched alkanes of at least 4 members (excludes halogenated alkanes) is 11. The number of hydrogen-bond acceptors (Lipinski definition) is 2. The molecule has 0 aliphatic rings. The molecule has 0 aliphatic carbocycles. The first-order chi connectivity index (χ1) is 13.5. The quantitative estimate of drug-likeness (QED) is 0.186. The van der Waals surface area contributed by atoms with Gasteiger partial charge in [0.2, 0.25) is 0 Å². The van der Waals surface area contributed by atoms with Gasteiger partial charge in [-0.25, -0.2) is 4.79 Å². The molecule has 1 aromatic carbocycles. The predicted molar refractivity (Wildman–Crippen MR) is 117 cm³/mol. The van der Waals surface area contributed by atoms with E-state index in [4.69, 9.17) is 5.11 Å². The van der Waals surface area contributed by atoms with Gasteiger partial charge in [0, 0.05) is 11.1 Å². The third-order valence-corrected chi connectivity index (χ3v) is 5.24. The molecular formula is C25H38O3. The minimum absolute atomic E-state index is 0.0607. The van der Waals surface area contributed by atoms with Crippen molar-refractivity contribution in [3.8, 4) is 0 Å². The van der Waals surface area contributed by atoms with Gasteiger partial charge in [0.05, 0.1) is 0 Å². The highest BCUT2D eigenvalue weighted by Crippen LogP contribution is 2.14. The molecule has 0 heterocycles. The number of carboxylic acid groups (broad SMARTS) is 1. The average molecular weight is 387 g/mol. The van der Waals surface area contributed by atoms with E-state index in [1.165, 1.54) is 95.6 Å². The molecule has 0 saturated carbocycles. The monoisotopic (exact) mass is 386 g/mol. The number of carbonyl (C=O) groups is 2. The number of rotatable bonds is 16. The fourth-order valence-electron chi connectivity index (χ4n) is 3.35. The van der Waals surface area contributed by atoms with Crippen LogP contribution in [0, 0.1) is 0 Å². The van der Waals surface area contributed by atoms with Gasteiger partial charge < -0.3 is 5.11 Å². The smallest absolute Gasteiger partial charge is 0.331 e. The lowest BCUT2D eigenvalue weighted by atomic mass is 10.0. The fourth-order valence-corrected chi connectivity index (χ4v) is 3.35. The van der Waals surface area contributed by atoms with E-state index in [2.05, 4.69) is 6.92 Å². The molecule has 0 aromatic heterocycles. The molecule has 0 fully saturated rings. The largest absolute Gasteiger partial charge is 0.478 e. The third kappa shape index (κ3) is 11.1. The Morgan fingerprint density at radius 3 is 1.71 bits per heavy atom. The number of carbonyl (C=O) groups excluding carboxylic acids is 1. The first-order valence-corrected chi connectivity index (χ1v) is 11.1. The van der Waals surface area contributed by atoms with E-state index in [9.17, 15) is 9.59 Å². The van der Waals surface area contributed by atoms with Crippen molar-refractivity contribution in [2.24, 2.45) is 0 Å². The van der Waals surface area contributed by atoms with Gasteiger partial charge in [0.15, 0.2) is 5.78 Å². The van der Waals surface area contributed by atoms with E-state index in [0.29, 0.717) is 5.56 Å². The van der Waals surface area contributed by atoms with Crippen LogP contribution < -0.4 is 0 Å². The molecule has 0 atom stereocenters. The first-order valence-electron chi connectivity index (χ1n) is 11.1. The molecule has 1 aromatic rings. The number of hydrogen-bond donors (Lipinski definition) is 1. The summed E-state index contributed by atoms with van der Waals surface area (Å²) in [6, 6.07) is 7.55. The zero-order valence-electron chi connectivity index (χ0n) is 17.8. The van der Waals surface area contributed by atoms with Gasteiger partial charge in [0.1, 0.15) is 0 Å². The summed E-state index contributed by atoms with van der Waals surface area (Å²) >= 11 is 0. The molecule has 156 valence electrons. The number of aliphatic carboxylic acids is 1. The number of ketones is 1. The van der Waals surface area contributed by atoms with E-state index in [-0.39, 0.29) is 11.4 Å². The van der Waals surface area contributed by atoms with E-state index in [1.807, 2.05) is 12.1 Å². The highest BCUT2D eigenvalue weighted by atomic mass is 16.4. The van der Waals surface area contributed by atoms with Crippen LogP contribution in [0.15, 0.2) is 35.9 Å². The SMILES string of the molecule is CCCCCCCCCCCCCCc1ccc(C(=O)C=C(C)C(=O)O)cc1. The molecular weight excluding hydrogens is 348 g/mol. The molecule has 3 heteroatoms. The second kappa shape index (κ2) is 15.1. The summed E-state index contributed by atoms with van der Waals surface area (Å²) in [5.74, 6) is -1.31. The zero-order valence-corrected chi connectivity index (χ0v) is 17.8. The van der Waals surface area contributed by atoms with Crippen LogP contribution in [0.5, 0.6) is 0 Å². The highest BCUT2D eigenvalue weighted by molar-refractivity contribution is 6.08. The van der Waals surface area contributed by atoms with Crippen molar-refractivity contribution in [3.05, 3.63) is 47.0 Å². The first kappa shape index (κ1) is 24.1. The Labute approximate surface area is 171 Å². The fraction of sp³-hybridized carbons (Fsp3) is 0.600. The van der Waals surface area contributed by atoms with Crippen molar-refractivity contribution >= 4 is 11.8 Å². The van der Waals surface area contributed by atoms with Crippen molar-refractivity contribution < 1.29 is 14.7 Å².